The van der Waals surface area contributed by atoms with Crippen LogP contribution in [0.15, 0.2) is 49.2 Å². The Bertz CT molecular complexity index is 1950. The average molecular weight is 897 g/mol. The first kappa shape index (κ1) is 50.9. The molecular formula is C48H73FN6O9. The number of rotatable bonds is 14. The van der Waals surface area contributed by atoms with Crippen molar-refractivity contribution in [3.63, 3.8) is 0 Å². The van der Waals surface area contributed by atoms with Crippen molar-refractivity contribution < 1.29 is 47.6 Å². The van der Waals surface area contributed by atoms with Crippen molar-refractivity contribution in [1.29, 1.82) is 0 Å². The minimum Gasteiger partial charge on any atom is -0.457 e. The first-order valence-corrected chi connectivity index (χ1v) is 23.0. The van der Waals surface area contributed by atoms with Crippen LogP contribution in [0.4, 0.5) is 9.18 Å². The molecular weight excluding hydrogens is 824 g/mol. The number of nitrogens with zero attached hydrogens (tertiary/aromatic N) is 6. The Hall–Kier alpha value is -4.09. The number of ketones is 2. The molecule has 0 aliphatic carbocycles. The fraction of sp³-hybridized carbons (Fsp3) is 0.708. The van der Waals surface area contributed by atoms with Crippen LogP contribution in [0.2, 0.25) is 0 Å². The summed E-state index contributed by atoms with van der Waals surface area (Å²) in [5.74, 6) is -5.59. The Morgan fingerprint density at radius 2 is 1.73 bits per heavy atom. The number of aliphatic hydroxyl groups is 1. The lowest BCUT2D eigenvalue weighted by molar-refractivity contribution is -0.295. The number of aryl methyl sites for hydroxylation is 1. The lowest BCUT2D eigenvalue weighted by Gasteiger charge is -2.48. The molecule has 3 aliphatic heterocycles. The number of pyridine rings is 1. The third-order valence-electron chi connectivity index (χ3n) is 14.1. The fourth-order valence-corrected chi connectivity index (χ4v) is 10.4. The van der Waals surface area contributed by atoms with Gasteiger partial charge in [0.25, 0.3) is 5.67 Å². The van der Waals surface area contributed by atoms with Crippen LogP contribution >= 0.6 is 0 Å². The van der Waals surface area contributed by atoms with E-state index in [0.717, 1.165) is 18.2 Å². The average Bonchev–Trinajstić information content (AvgIpc) is 3.83. The highest BCUT2D eigenvalue weighted by atomic mass is 19.1. The predicted octanol–water partition coefficient (Wildman–Crippen LogP) is 6.27. The smallest absolute Gasteiger partial charge is 0.351 e. The number of urea groups is 1. The predicted molar refractivity (Wildman–Crippen MR) is 240 cm³/mol. The lowest BCUT2D eigenvalue weighted by Crippen LogP contribution is -2.64. The number of hydrogen-bond acceptors (Lipinski definition) is 12. The highest BCUT2D eigenvalue weighted by Crippen LogP contribution is 2.45. The number of Topliss-reactive ketones (excluding diaryl/α,β-unsaturated/α-hetero) is 2. The number of alkyl halides is 1. The summed E-state index contributed by atoms with van der Waals surface area (Å²) < 4.78 is 44.2. The number of amides is 2. The number of halogens is 1. The Kier molecular flexibility index (Phi) is 16.7. The number of cyclic esters (lactones) is 1. The maximum absolute atomic E-state index is 17.3. The molecule has 13 atom stereocenters. The third-order valence-corrected chi connectivity index (χ3v) is 14.1. The monoisotopic (exact) mass is 897 g/mol. The number of imidazole rings is 1. The van der Waals surface area contributed by atoms with Gasteiger partial charge in [0.2, 0.25) is 0 Å². The van der Waals surface area contributed by atoms with E-state index in [4.69, 9.17) is 18.9 Å². The molecule has 2 amide bonds. The van der Waals surface area contributed by atoms with Gasteiger partial charge in [0.15, 0.2) is 12.1 Å². The quantitative estimate of drug-likeness (QED) is 0.0980. The Morgan fingerprint density at radius 3 is 2.36 bits per heavy atom. The van der Waals surface area contributed by atoms with Gasteiger partial charge in [0.1, 0.15) is 23.5 Å². The van der Waals surface area contributed by atoms with E-state index in [1.807, 2.05) is 74.8 Å². The highest BCUT2D eigenvalue weighted by Gasteiger charge is 2.63. The topological polar surface area (TPSA) is 166 Å². The van der Waals surface area contributed by atoms with E-state index < -0.39 is 77.0 Å². The van der Waals surface area contributed by atoms with Crippen molar-refractivity contribution >= 4 is 23.6 Å². The summed E-state index contributed by atoms with van der Waals surface area (Å²) in [7, 11) is 5.09. The molecule has 15 nitrogen and oxygen atoms in total. The van der Waals surface area contributed by atoms with Gasteiger partial charge < -0.3 is 43.3 Å². The van der Waals surface area contributed by atoms with Crippen LogP contribution in [0, 0.1) is 17.8 Å². The molecule has 0 radical (unpaired) electrons. The van der Waals surface area contributed by atoms with Crippen molar-refractivity contribution in [3.8, 4) is 11.3 Å². The first-order chi connectivity index (χ1) is 30.2. The Labute approximate surface area is 379 Å². The minimum absolute atomic E-state index is 0.0152. The van der Waals surface area contributed by atoms with E-state index in [2.05, 4.69) is 9.97 Å². The largest absolute Gasteiger partial charge is 0.457 e. The van der Waals surface area contributed by atoms with Crippen LogP contribution in [0.25, 0.3) is 11.3 Å². The normalized spacial score (nSPS) is 35.9. The van der Waals surface area contributed by atoms with Crippen molar-refractivity contribution in [2.24, 2.45) is 17.8 Å². The molecule has 0 aromatic carbocycles. The number of hydrogen-bond donors (Lipinski definition) is 1. The SMILES string of the molecule is CC/C=C/CN1C(=O)N(CCCCn2cnc(-c3cccnc3)c2)[C@@H]2[C@@H](C)C(=O)[C@H](C)C[C@](C)(OC)[C@H](O[C@@H]3O[C@H](C)C[C@H](N(C)C)[C@H]3O)[C@@H](C)C(=O)[C@](C)(F)C(=O)O[C@H](CC)[C@]21C. The van der Waals surface area contributed by atoms with Crippen LogP contribution in [0.3, 0.4) is 0 Å². The van der Waals surface area contributed by atoms with Gasteiger partial charge in [-0.05, 0) is 92.4 Å². The number of methoxy groups -OCH3 is 1. The van der Waals surface area contributed by atoms with Crippen LogP contribution in [-0.4, -0.2) is 152 Å². The summed E-state index contributed by atoms with van der Waals surface area (Å²) >= 11 is 0. The second-order valence-corrected chi connectivity index (χ2v) is 19.0. The number of aromatic nitrogens is 3. The molecule has 3 saturated heterocycles. The number of aliphatic hydroxyl groups excluding tert-OH is 1. The second kappa shape index (κ2) is 21.0. The van der Waals surface area contributed by atoms with Gasteiger partial charge in [-0.25, -0.2) is 19.0 Å². The second-order valence-electron chi connectivity index (χ2n) is 19.0. The zero-order chi connectivity index (χ0) is 47.3. The van der Waals surface area contributed by atoms with E-state index in [-0.39, 0.29) is 49.9 Å². The number of fused-ring (bicyclic) bond motifs is 1. The maximum Gasteiger partial charge on any atom is 0.351 e. The highest BCUT2D eigenvalue weighted by molar-refractivity contribution is 6.08. The molecule has 16 heteroatoms. The molecule has 64 heavy (non-hydrogen) atoms. The summed E-state index contributed by atoms with van der Waals surface area (Å²) in [4.78, 5) is 72.7. The summed E-state index contributed by atoms with van der Waals surface area (Å²) in [6, 6.07) is 2.28. The van der Waals surface area contributed by atoms with Gasteiger partial charge in [-0.1, -0.05) is 46.8 Å². The molecule has 0 spiro atoms. The number of esters is 1. The maximum atomic E-state index is 17.3. The number of likely N-dealkylation sites (N-methyl/N-ethyl adjacent to an activating group) is 1. The van der Waals surface area contributed by atoms with Crippen molar-refractivity contribution in [2.45, 2.75) is 167 Å². The summed E-state index contributed by atoms with van der Waals surface area (Å²) in [5, 5.41) is 11.5. The van der Waals surface area contributed by atoms with E-state index >= 15 is 9.18 Å². The van der Waals surface area contributed by atoms with Crippen LogP contribution in [-0.2, 0) is 39.9 Å². The molecule has 0 bridgehead atoms. The molecule has 0 unspecified atom stereocenters. The van der Waals surface area contributed by atoms with Gasteiger partial charge >= 0.3 is 12.0 Å². The zero-order valence-electron chi connectivity index (χ0n) is 40.0. The number of carbonyl (C=O) groups excluding carboxylic acids is 4. The number of ether oxygens (including phenoxy) is 4. The Morgan fingerprint density at radius 1 is 1.03 bits per heavy atom. The molecule has 3 aliphatic rings. The number of unbranched alkanes of at least 4 members (excludes halogenated alkanes) is 1. The third kappa shape index (κ3) is 10.3. The van der Waals surface area contributed by atoms with Crippen molar-refractivity contribution in [1.82, 2.24) is 29.2 Å². The molecule has 0 saturated carbocycles. The number of carbonyl (C=O) groups is 4. The van der Waals surface area contributed by atoms with E-state index in [0.29, 0.717) is 32.2 Å². The van der Waals surface area contributed by atoms with E-state index in [1.54, 1.807) is 56.2 Å². The van der Waals surface area contributed by atoms with Crippen LogP contribution < -0.4 is 0 Å². The van der Waals surface area contributed by atoms with Gasteiger partial charge in [-0.3, -0.25) is 14.6 Å². The minimum atomic E-state index is -3.17. The van der Waals surface area contributed by atoms with Crippen molar-refractivity contribution in [2.75, 3.05) is 34.3 Å². The molecule has 356 valence electrons. The summed E-state index contributed by atoms with van der Waals surface area (Å²) in [5.41, 5.74) is -4.26. The molecule has 2 aromatic heterocycles. The Balaban J connectivity index is 1.54. The molecule has 1 N–H and O–H groups in total. The van der Waals surface area contributed by atoms with E-state index in [1.165, 1.54) is 14.0 Å². The van der Waals surface area contributed by atoms with Gasteiger partial charge in [0.05, 0.1) is 35.9 Å². The molecule has 5 rings (SSSR count). The lowest BCUT2D eigenvalue weighted by atomic mass is 9.72. The van der Waals surface area contributed by atoms with Crippen molar-refractivity contribution in [3.05, 3.63) is 49.2 Å². The standard InChI is InChI=1S/C48H73FN6O9/c1-13-15-16-24-55-45(60)54(23-18-17-22-53-28-35(51-29-53)34-20-19-21-50-27-34)40-32(5)38(56)30(3)26-46(7,61-12)42(64-43-39(57)36(52(10)11)25-31(4)62-43)33(6)41(58)47(8,49)44(59)63-37(14-2)48(40,55)9/h15-16,19-21,27-33,36-37,39-40,42-43,57H,13-14,17-18,22-26H2,1-12H3/b16-15+/t30-,31-,32+,33+,36+,37-,39-,40-,42-,43+,46+,47+,48-/m1/s1. The summed E-state index contributed by atoms with van der Waals surface area (Å²) in [6.45, 7) is 16.1. The molecule has 5 heterocycles. The summed E-state index contributed by atoms with van der Waals surface area (Å²) in [6.07, 6.45) is 8.47. The van der Waals surface area contributed by atoms with E-state index in [9.17, 15) is 19.5 Å². The molecule has 2 aromatic rings. The van der Waals surface area contributed by atoms with Crippen LogP contribution in [0.1, 0.15) is 101 Å². The number of allylic oxidation sites excluding steroid dienone is 1. The fourth-order valence-electron chi connectivity index (χ4n) is 10.4. The first-order valence-electron chi connectivity index (χ1n) is 23.0. The molecule has 3 fully saturated rings. The van der Waals surface area contributed by atoms with Gasteiger partial charge in [0, 0.05) is 74.7 Å². The zero-order valence-corrected chi connectivity index (χ0v) is 40.0. The van der Waals surface area contributed by atoms with Gasteiger partial charge in [-0.2, -0.15) is 0 Å². The van der Waals surface area contributed by atoms with Gasteiger partial charge in [-0.15, -0.1) is 0 Å². The van der Waals surface area contributed by atoms with Crippen LogP contribution in [0.5, 0.6) is 0 Å².